The second-order valence-electron chi connectivity index (χ2n) is 10.2. The van der Waals surface area contributed by atoms with Gasteiger partial charge in [-0.2, -0.15) is 8.39 Å². The van der Waals surface area contributed by atoms with E-state index in [9.17, 15) is 18.0 Å². The first-order valence-electron chi connectivity index (χ1n) is 13.6. The number of pyridine rings is 1. The molecular weight excluding hydrogens is 565 g/mol. The number of carbonyl (C=O) groups excluding carboxylic acids is 2. The molecule has 5 heterocycles. The minimum Gasteiger partial charge on any atom is -0.382 e. The van der Waals surface area contributed by atoms with Gasteiger partial charge in [-0.15, -0.1) is 0 Å². The Balaban J connectivity index is 1.25. The second-order valence-corrected chi connectivity index (χ2v) is 11.2. The van der Waals surface area contributed by atoms with Gasteiger partial charge in [0.1, 0.15) is 22.8 Å². The first-order valence-corrected chi connectivity index (χ1v) is 14.7. The van der Waals surface area contributed by atoms with Crippen molar-refractivity contribution < 1.29 is 22.7 Å². The summed E-state index contributed by atoms with van der Waals surface area (Å²) in [6.45, 7) is 3.63. The Hall–Kier alpha value is -4.22. The van der Waals surface area contributed by atoms with E-state index >= 15 is 0 Å². The summed E-state index contributed by atoms with van der Waals surface area (Å²) < 4.78 is 33.5. The number of carbonyl (C=O) groups is 2. The molecule has 14 heteroatoms. The number of morpholine rings is 1. The number of nitrogens with one attached hydrogen (secondary N) is 1. The van der Waals surface area contributed by atoms with Crippen molar-refractivity contribution in [1.29, 1.82) is 0 Å². The first kappa shape index (κ1) is 27.9. The number of fused-ring (bicyclic) bond motifs is 1. The minimum absolute atomic E-state index is 0.0555. The number of halogens is 2. The number of nitrogens with zero attached hydrogens (tertiary/aromatic N) is 6. The van der Waals surface area contributed by atoms with Crippen LogP contribution < -0.4 is 21.3 Å². The third-order valence-electron chi connectivity index (χ3n) is 7.54. The molecule has 6 rings (SSSR count). The van der Waals surface area contributed by atoms with E-state index in [1.807, 2.05) is 9.30 Å². The Morgan fingerprint density at radius 2 is 1.83 bits per heavy atom. The number of nitrogen functional groups attached to an aromatic ring is 1. The Labute approximate surface area is 241 Å². The molecule has 3 N–H and O–H groups in total. The average Bonchev–Trinajstić information content (AvgIpc) is 3.42. The fourth-order valence-electron chi connectivity index (χ4n) is 5.44. The van der Waals surface area contributed by atoms with E-state index in [1.54, 1.807) is 36.7 Å². The Bertz CT molecular complexity index is 1610. The van der Waals surface area contributed by atoms with Crippen LogP contribution >= 0.6 is 8.54 Å². The molecule has 2 aliphatic heterocycles. The first-order chi connectivity index (χ1) is 20.4. The van der Waals surface area contributed by atoms with E-state index in [4.69, 9.17) is 15.5 Å². The number of hydrogen-bond acceptors (Lipinski definition) is 8. The molecule has 2 fully saturated rings. The average molecular weight is 595 g/mol. The largest absolute Gasteiger partial charge is 0.382 e. The van der Waals surface area contributed by atoms with Crippen LogP contribution in [0.3, 0.4) is 0 Å². The minimum atomic E-state index is -3.29. The number of amides is 2. The number of aromatic nitrogens is 4. The lowest BCUT2D eigenvalue weighted by molar-refractivity contribution is -0.139. The van der Waals surface area contributed by atoms with Crippen LogP contribution in [0.15, 0.2) is 55.0 Å². The lowest BCUT2D eigenvalue weighted by Gasteiger charge is -2.36. The van der Waals surface area contributed by atoms with Gasteiger partial charge in [-0.3, -0.25) is 14.0 Å². The van der Waals surface area contributed by atoms with Gasteiger partial charge in [0.2, 0.25) is 11.9 Å². The molecule has 3 aromatic heterocycles. The maximum Gasteiger partial charge on any atom is 0.298 e. The van der Waals surface area contributed by atoms with Crippen molar-refractivity contribution in [3.63, 3.8) is 0 Å². The van der Waals surface area contributed by atoms with Crippen LogP contribution in [0, 0.1) is 5.92 Å². The van der Waals surface area contributed by atoms with Gasteiger partial charge in [0.05, 0.1) is 19.1 Å². The van der Waals surface area contributed by atoms with Crippen LogP contribution in [0.5, 0.6) is 0 Å². The topological polar surface area (TPSA) is 131 Å². The Morgan fingerprint density at radius 3 is 2.60 bits per heavy atom. The number of piperidine rings is 1. The van der Waals surface area contributed by atoms with E-state index in [0.717, 1.165) is 19.4 Å². The monoisotopic (exact) mass is 594 g/mol. The highest BCUT2D eigenvalue weighted by Gasteiger charge is 2.32. The third kappa shape index (κ3) is 5.62. The van der Waals surface area contributed by atoms with Gasteiger partial charge in [0.15, 0.2) is 0 Å². The van der Waals surface area contributed by atoms with E-state index < -0.39 is 14.5 Å². The molecule has 42 heavy (non-hydrogen) atoms. The van der Waals surface area contributed by atoms with Crippen LogP contribution in [0.4, 0.5) is 26.0 Å². The Morgan fingerprint density at radius 1 is 1.05 bits per heavy atom. The van der Waals surface area contributed by atoms with E-state index in [-0.39, 0.29) is 22.9 Å². The van der Waals surface area contributed by atoms with E-state index in [1.165, 1.54) is 18.3 Å². The van der Waals surface area contributed by atoms with Crippen molar-refractivity contribution in [1.82, 2.24) is 24.3 Å². The number of benzene rings is 1. The molecule has 1 aromatic carbocycles. The summed E-state index contributed by atoms with van der Waals surface area (Å²) in [6.07, 6.45) is 6.33. The van der Waals surface area contributed by atoms with Crippen LogP contribution in [-0.4, -0.2) is 75.5 Å². The normalized spacial score (nSPS) is 17.5. The fraction of sp³-hybridized carbons (Fsp3) is 0.321. The fourth-order valence-corrected chi connectivity index (χ4v) is 5.84. The van der Waals surface area contributed by atoms with Crippen LogP contribution in [0.25, 0.3) is 16.8 Å². The Kier molecular flexibility index (Phi) is 7.94. The summed E-state index contributed by atoms with van der Waals surface area (Å²) in [4.78, 5) is 43.2. The number of rotatable bonds is 6. The summed E-state index contributed by atoms with van der Waals surface area (Å²) in [5.74, 6) is 0.562. The molecule has 1 atom stereocenters. The summed E-state index contributed by atoms with van der Waals surface area (Å²) >= 11 is 0. The van der Waals surface area contributed by atoms with Crippen molar-refractivity contribution in [2.45, 2.75) is 12.8 Å². The summed E-state index contributed by atoms with van der Waals surface area (Å²) in [5.41, 5.74) is 8.58. The molecule has 4 aromatic rings. The highest BCUT2D eigenvalue weighted by molar-refractivity contribution is 7.55. The molecule has 2 aliphatic rings. The molecule has 218 valence electrons. The molecule has 2 saturated heterocycles. The molecular formula is C28H29F2N8O3P. The van der Waals surface area contributed by atoms with Crippen LogP contribution in [-0.2, 0) is 9.53 Å². The zero-order chi connectivity index (χ0) is 29.2. The van der Waals surface area contributed by atoms with Gasteiger partial charge < -0.3 is 25.6 Å². The number of imidazole rings is 1. The predicted molar refractivity (Wildman–Crippen MR) is 156 cm³/mol. The molecule has 0 spiro atoms. The summed E-state index contributed by atoms with van der Waals surface area (Å²) in [5, 5.41) is 2.41. The smallest absolute Gasteiger partial charge is 0.298 e. The number of nitrogens with two attached hydrogens (primary N) is 1. The molecule has 2 amide bonds. The number of anilines is 3. The van der Waals surface area contributed by atoms with Crippen LogP contribution in [0.2, 0.25) is 0 Å². The summed E-state index contributed by atoms with van der Waals surface area (Å²) in [7, 11) is -3.29. The van der Waals surface area contributed by atoms with Gasteiger partial charge in [-0.05, 0) is 37.1 Å². The molecule has 11 nitrogen and oxygen atoms in total. The van der Waals surface area contributed by atoms with Gasteiger partial charge >= 0.3 is 0 Å². The van der Waals surface area contributed by atoms with Crippen molar-refractivity contribution in [2.24, 2.45) is 5.92 Å². The molecule has 0 radical (unpaired) electrons. The van der Waals surface area contributed by atoms with Crippen molar-refractivity contribution >= 4 is 48.8 Å². The van der Waals surface area contributed by atoms with Crippen molar-refractivity contribution in [2.75, 3.05) is 55.3 Å². The van der Waals surface area contributed by atoms with Crippen molar-refractivity contribution in [3.8, 4) is 11.3 Å². The predicted octanol–water partition coefficient (Wildman–Crippen LogP) is 3.58. The van der Waals surface area contributed by atoms with Gasteiger partial charge in [0, 0.05) is 61.2 Å². The lowest BCUT2D eigenvalue weighted by Crippen LogP contribution is -2.48. The van der Waals surface area contributed by atoms with Gasteiger partial charge in [-0.25, -0.2) is 15.0 Å². The second kappa shape index (κ2) is 11.9. The molecule has 1 unspecified atom stereocenters. The van der Waals surface area contributed by atoms with Crippen LogP contribution in [0.1, 0.15) is 23.2 Å². The standard InChI is InChI=1S/C28H29F2N8O3P/c29-42(30)21-7-8-32-22(16-21)34-26(39)19-5-3-18(4-6-19)23-24-25(31)33-9-11-38(24)28(35-23)37-10-1-2-20(17-37)27(40)36-12-14-41-15-13-36/h3-9,11,16,20H,1-2,10,12-15,17H2,(H2,31,33)(H,32,34,39). The molecule has 0 aliphatic carbocycles. The van der Waals surface area contributed by atoms with E-state index in [2.05, 4.69) is 20.2 Å². The van der Waals surface area contributed by atoms with Gasteiger partial charge in [0.25, 0.3) is 14.5 Å². The zero-order valence-electron chi connectivity index (χ0n) is 22.6. The van der Waals surface area contributed by atoms with Gasteiger partial charge in [-0.1, -0.05) is 12.1 Å². The lowest BCUT2D eigenvalue weighted by atomic mass is 9.96. The maximum absolute atomic E-state index is 13.2. The SMILES string of the molecule is Nc1nccn2c(N3CCCC(C(=O)N4CCOCC4)C3)nc(-c3ccc(C(=O)Nc4cc(P(F)F)ccn4)cc3)c12. The highest BCUT2D eigenvalue weighted by Crippen LogP contribution is 2.37. The molecule has 0 saturated carbocycles. The number of ether oxygens (including phenoxy) is 1. The van der Waals surface area contributed by atoms with Crippen molar-refractivity contribution in [3.05, 3.63) is 60.6 Å². The highest BCUT2D eigenvalue weighted by atomic mass is 31.2. The number of hydrogen-bond donors (Lipinski definition) is 2. The summed E-state index contributed by atoms with van der Waals surface area (Å²) in [6, 6.07) is 9.15. The quantitative estimate of drug-likeness (QED) is 0.324. The maximum atomic E-state index is 13.2. The third-order valence-corrected chi connectivity index (χ3v) is 8.21. The van der Waals surface area contributed by atoms with E-state index in [0.29, 0.717) is 67.0 Å². The molecule has 0 bridgehead atoms. The zero-order valence-corrected chi connectivity index (χ0v) is 23.5.